The van der Waals surface area contributed by atoms with E-state index < -0.39 is 18.1 Å². The fourth-order valence-electron chi connectivity index (χ4n) is 1.61. The van der Waals surface area contributed by atoms with Crippen LogP contribution in [0.1, 0.15) is 11.7 Å². The molecule has 1 atom stereocenters. The third kappa shape index (κ3) is 1.49. The average molecular weight is 193 g/mol. The Hall–Kier alpha value is -1.40. The number of fused-ring (bicyclic) bond motifs is 1. The molecule has 0 aromatic heterocycles. The number of nitrogens with zero attached hydrogens (tertiary/aromatic N) is 1. The molecule has 5 nitrogen and oxygen atoms in total. The predicted molar refractivity (Wildman–Crippen MR) is 49.7 cm³/mol. The van der Waals surface area contributed by atoms with E-state index in [1.54, 1.807) is 24.3 Å². The molecule has 0 radical (unpaired) electrons. The lowest BCUT2D eigenvalue weighted by Crippen LogP contribution is -2.27. The molecule has 2 rings (SSSR count). The summed E-state index contributed by atoms with van der Waals surface area (Å²) in [4.78, 5) is 9.87. The first-order chi connectivity index (χ1) is 6.68. The van der Waals surface area contributed by atoms with Crippen LogP contribution in [0.15, 0.2) is 24.3 Å². The van der Waals surface area contributed by atoms with Gasteiger partial charge in [0.1, 0.15) is 6.10 Å². The zero-order valence-electron chi connectivity index (χ0n) is 7.29. The molecule has 1 N–H and O–H groups in total. The normalized spacial score (nSPS) is 19.5. The highest BCUT2D eigenvalue weighted by molar-refractivity contribution is 6.61. The van der Waals surface area contributed by atoms with Crippen LogP contribution in [0.5, 0.6) is 0 Å². The second kappa shape index (κ2) is 3.40. The number of rotatable bonds is 2. The van der Waals surface area contributed by atoms with Gasteiger partial charge in [0.05, 0.1) is 0 Å². The van der Waals surface area contributed by atoms with Crippen LogP contribution in [0, 0.1) is 10.1 Å². The fraction of sp³-hybridized carbons (Fsp3) is 0.250. The highest BCUT2D eigenvalue weighted by Crippen LogP contribution is 2.22. The van der Waals surface area contributed by atoms with Crippen molar-refractivity contribution in [2.75, 3.05) is 6.54 Å². The van der Waals surface area contributed by atoms with E-state index in [1.807, 2.05) is 0 Å². The topological polar surface area (TPSA) is 72.6 Å². The molecule has 1 heterocycles. The second-order valence-corrected chi connectivity index (χ2v) is 3.12. The fourth-order valence-corrected chi connectivity index (χ4v) is 1.61. The van der Waals surface area contributed by atoms with Gasteiger partial charge >= 0.3 is 7.12 Å². The maximum Gasteiger partial charge on any atom is 0.492 e. The van der Waals surface area contributed by atoms with Gasteiger partial charge in [-0.05, 0) is 11.0 Å². The molecular weight excluding hydrogens is 185 g/mol. The minimum atomic E-state index is -1.03. The van der Waals surface area contributed by atoms with E-state index in [0.717, 1.165) is 0 Å². The summed E-state index contributed by atoms with van der Waals surface area (Å²) in [7, 11) is -1.03. The van der Waals surface area contributed by atoms with E-state index in [9.17, 15) is 15.1 Å². The smallest absolute Gasteiger partial charge is 0.423 e. The number of nitro groups is 1. The van der Waals surface area contributed by atoms with E-state index >= 15 is 0 Å². The summed E-state index contributed by atoms with van der Waals surface area (Å²) >= 11 is 0. The van der Waals surface area contributed by atoms with Crippen molar-refractivity contribution in [2.45, 2.75) is 6.10 Å². The second-order valence-electron chi connectivity index (χ2n) is 3.12. The van der Waals surface area contributed by atoms with Crippen LogP contribution in [-0.2, 0) is 4.65 Å². The Labute approximate surface area is 80.6 Å². The minimum Gasteiger partial charge on any atom is -0.423 e. The van der Waals surface area contributed by atoms with Crippen molar-refractivity contribution >= 4 is 12.6 Å². The van der Waals surface area contributed by atoms with Gasteiger partial charge in [0.25, 0.3) is 0 Å². The molecule has 6 heteroatoms. The third-order valence-electron chi connectivity index (χ3n) is 2.22. The van der Waals surface area contributed by atoms with Gasteiger partial charge in [-0.25, -0.2) is 0 Å². The number of hydrogen-bond donors (Lipinski definition) is 1. The zero-order chi connectivity index (χ0) is 10.1. The first-order valence-electron chi connectivity index (χ1n) is 4.22. The van der Waals surface area contributed by atoms with Crippen molar-refractivity contribution < 1.29 is 14.6 Å². The summed E-state index contributed by atoms with van der Waals surface area (Å²) in [6, 6.07) is 6.98. The van der Waals surface area contributed by atoms with E-state index in [1.165, 1.54) is 0 Å². The van der Waals surface area contributed by atoms with Gasteiger partial charge in [-0.3, -0.25) is 10.1 Å². The van der Waals surface area contributed by atoms with Gasteiger partial charge in [0, 0.05) is 4.92 Å². The summed E-state index contributed by atoms with van der Waals surface area (Å²) in [5.74, 6) is 0. The van der Waals surface area contributed by atoms with Crippen molar-refractivity contribution in [1.82, 2.24) is 0 Å². The first kappa shape index (κ1) is 9.17. The van der Waals surface area contributed by atoms with Gasteiger partial charge in [0.2, 0.25) is 6.54 Å². The predicted octanol–water partition coefficient (Wildman–Crippen LogP) is -0.278. The molecule has 0 bridgehead atoms. The van der Waals surface area contributed by atoms with Crippen LogP contribution in [0.25, 0.3) is 0 Å². The van der Waals surface area contributed by atoms with Crippen molar-refractivity contribution in [3.8, 4) is 0 Å². The van der Waals surface area contributed by atoms with E-state index in [4.69, 9.17) is 4.65 Å². The SMILES string of the molecule is O=[N+]([O-])CC1OB(O)c2ccccc21. The van der Waals surface area contributed by atoms with Crippen molar-refractivity contribution in [3.05, 3.63) is 39.9 Å². The zero-order valence-corrected chi connectivity index (χ0v) is 7.29. The standard InChI is InChI=1S/C8H8BNO4/c11-9-7-4-2-1-3-6(7)8(14-9)5-10(12)13/h1-4,8,11H,5H2. The van der Waals surface area contributed by atoms with E-state index in [2.05, 4.69) is 0 Å². The molecule has 1 aliphatic heterocycles. The van der Waals surface area contributed by atoms with Gasteiger partial charge in [0.15, 0.2) is 0 Å². The van der Waals surface area contributed by atoms with Gasteiger partial charge < -0.3 is 9.68 Å². The van der Waals surface area contributed by atoms with Crippen LogP contribution in [0.4, 0.5) is 0 Å². The lowest BCUT2D eigenvalue weighted by molar-refractivity contribution is -0.490. The molecule has 0 saturated carbocycles. The van der Waals surface area contributed by atoms with Gasteiger partial charge in [-0.2, -0.15) is 0 Å². The van der Waals surface area contributed by atoms with Crippen molar-refractivity contribution in [3.63, 3.8) is 0 Å². The molecule has 0 aliphatic carbocycles. The van der Waals surface area contributed by atoms with Crippen LogP contribution >= 0.6 is 0 Å². The molecule has 0 fully saturated rings. The Balaban J connectivity index is 2.29. The molecule has 1 aliphatic rings. The lowest BCUT2D eigenvalue weighted by atomic mass is 9.79. The lowest BCUT2D eigenvalue weighted by Gasteiger charge is -2.05. The highest BCUT2D eigenvalue weighted by atomic mass is 16.6. The quantitative estimate of drug-likeness (QED) is 0.398. The Morgan fingerprint density at radius 1 is 1.57 bits per heavy atom. The monoisotopic (exact) mass is 193 g/mol. The van der Waals surface area contributed by atoms with Crippen molar-refractivity contribution in [1.29, 1.82) is 0 Å². The molecule has 1 unspecified atom stereocenters. The summed E-state index contributed by atoms with van der Waals surface area (Å²) in [6.45, 7) is -0.311. The van der Waals surface area contributed by atoms with Crippen LogP contribution in [0.3, 0.4) is 0 Å². The Morgan fingerprint density at radius 2 is 2.29 bits per heavy atom. The summed E-state index contributed by atoms with van der Waals surface area (Å²) in [5.41, 5.74) is 1.33. The molecule has 72 valence electrons. The van der Waals surface area contributed by atoms with Gasteiger partial charge in [-0.1, -0.05) is 24.3 Å². The largest absolute Gasteiger partial charge is 0.492 e. The van der Waals surface area contributed by atoms with Crippen LogP contribution < -0.4 is 5.46 Å². The van der Waals surface area contributed by atoms with E-state index in [0.29, 0.717) is 11.0 Å². The van der Waals surface area contributed by atoms with Gasteiger partial charge in [-0.15, -0.1) is 0 Å². The Kier molecular flexibility index (Phi) is 2.22. The number of benzene rings is 1. The number of hydrogen-bond acceptors (Lipinski definition) is 4. The third-order valence-corrected chi connectivity index (χ3v) is 2.22. The van der Waals surface area contributed by atoms with Crippen LogP contribution in [-0.4, -0.2) is 23.6 Å². The maximum atomic E-state index is 10.3. The minimum absolute atomic E-state index is 0.311. The molecular formula is C8H8BNO4. The Morgan fingerprint density at radius 3 is 3.00 bits per heavy atom. The molecule has 14 heavy (non-hydrogen) atoms. The summed E-state index contributed by atoms with van der Waals surface area (Å²) < 4.78 is 5.06. The maximum absolute atomic E-state index is 10.3. The molecule has 0 amide bonds. The van der Waals surface area contributed by atoms with Crippen molar-refractivity contribution in [2.24, 2.45) is 0 Å². The average Bonchev–Trinajstić information content (AvgIpc) is 2.44. The molecule has 0 spiro atoms. The van der Waals surface area contributed by atoms with E-state index in [-0.39, 0.29) is 6.54 Å². The highest BCUT2D eigenvalue weighted by Gasteiger charge is 2.37. The molecule has 0 saturated heterocycles. The van der Waals surface area contributed by atoms with Crippen LogP contribution in [0.2, 0.25) is 0 Å². The summed E-state index contributed by atoms with van der Waals surface area (Å²) in [5, 5.41) is 19.7. The summed E-state index contributed by atoms with van der Waals surface area (Å²) in [6.07, 6.45) is -0.629. The molecule has 1 aromatic rings. The first-order valence-corrected chi connectivity index (χ1v) is 4.22. The molecule has 1 aromatic carbocycles. The Bertz CT molecular complexity index is 370.